The lowest BCUT2D eigenvalue weighted by Gasteiger charge is -2.20. The normalized spacial score (nSPS) is 12.8. The Hall–Kier alpha value is -3.11. The standard InChI is InChI=1S/C25H32FN5O3S/c1-7-31-23(17(4)30(5)6)14-25(28-31)35(33,34)29-24(32)13-22-20(16(2)3)11-19(26)12-21(22)18-9-8-10-27-15-18/h8-12,14-17H,7,13H2,1-6H3,(H,29,32). The van der Waals surface area contributed by atoms with Crippen LogP contribution in [-0.2, 0) is 27.8 Å². The molecule has 0 aliphatic rings. The number of nitrogens with zero attached hydrogens (tertiary/aromatic N) is 4. The molecule has 2 heterocycles. The van der Waals surface area contributed by atoms with Gasteiger partial charge < -0.3 is 4.90 Å². The number of hydrogen-bond donors (Lipinski definition) is 1. The fraction of sp³-hybridized carbons (Fsp3) is 0.400. The molecule has 1 unspecified atom stereocenters. The predicted octanol–water partition coefficient (Wildman–Crippen LogP) is 3.90. The van der Waals surface area contributed by atoms with Crippen LogP contribution < -0.4 is 4.72 Å². The zero-order valence-electron chi connectivity index (χ0n) is 20.9. The third-order valence-electron chi connectivity index (χ3n) is 6.00. The summed E-state index contributed by atoms with van der Waals surface area (Å²) in [5.74, 6) is -1.25. The highest BCUT2D eigenvalue weighted by molar-refractivity contribution is 7.90. The molecule has 0 spiro atoms. The molecule has 35 heavy (non-hydrogen) atoms. The Kier molecular flexibility index (Phi) is 8.07. The van der Waals surface area contributed by atoms with Gasteiger partial charge in [-0.2, -0.15) is 13.5 Å². The summed E-state index contributed by atoms with van der Waals surface area (Å²) in [6, 6.07) is 7.64. The number of amides is 1. The Balaban J connectivity index is 1.95. The van der Waals surface area contributed by atoms with Crippen LogP contribution in [0, 0.1) is 5.82 Å². The van der Waals surface area contributed by atoms with E-state index < -0.39 is 21.7 Å². The highest BCUT2D eigenvalue weighted by Gasteiger charge is 2.26. The van der Waals surface area contributed by atoms with Crippen LogP contribution in [-0.4, -0.2) is 48.1 Å². The quantitative estimate of drug-likeness (QED) is 0.478. The molecular weight excluding hydrogens is 469 g/mol. The first-order valence-electron chi connectivity index (χ1n) is 11.5. The lowest BCUT2D eigenvalue weighted by molar-refractivity contribution is -0.118. The predicted molar refractivity (Wildman–Crippen MR) is 133 cm³/mol. The van der Waals surface area contributed by atoms with E-state index in [9.17, 15) is 17.6 Å². The van der Waals surface area contributed by atoms with Crippen LogP contribution in [0.2, 0.25) is 0 Å². The van der Waals surface area contributed by atoms with Gasteiger partial charge in [0.15, 0.2) is 5.03 Å². The first kappa shape index (κ1) is 26.5. The van der Waals surface area contributed by atoms with E-state index >= 15 is 0 Å². The molecule has 1 amide bonds. The van der Waals surface area contributed by atoms with E-state index in [1.165, 1.54) is 18.2 Å². The highest BCUT2D eigenvalue weighted by atomic mass is 32.2. The number of aromatic nitrogens is 3. The smallest absolute Gasteiger partial charge is 0.283 e. The third kappa shape index (κ3) is 5.94. The number of rotatable bonds is 9. The molecular formula is C25H32FN5O3S. The molecule has 1 N–H and O–H groups in total. The number of benzene rings is 1. The molecule has 0 radical (unpaired) electrons. The largest absolute Gasteiger partial charge is 0.301 e. The third-order valence-corrected chi connectivity index (χ3v) is 7.24. The average Bonchev–Trinajstić information content (AvgIpc) is 3.25. The van der Waals surface area contributed by atoms with Gasteiger partial charge in [0.05, 0.1) is 12.1 Å². The fourth-order valence-electron chi connectivity index (χ4n) is 3.94. The molecule has 10 heteroatoms. The van der Waals surface area contributed by atoms with Crippen molar-refractivity contribution in [2.24, 2.45) is 0 Å². The molecule has 0 aliphatic carbocycles. The van der Waals surface area contributed by atoms with Gasteiger partial charge in [0.25, 0.3) is 10.0 Å². The summed E-state index contributed by atoms with van der Waals surface area (Å²) in [7, 11) is -0.423. The zero-order valence-corrected chi connectivity index (χ0v) is 21.7. The molecule has 0 saturated carbocycles. The summed E-state index contributed by atoms with van der Waals surface area (Å²) in [4.78, 5) is 19.0. The van der Waals surface area contributed by atoms with Crippen molar-refractivity contribution in [1.29, 1.82) is 0 Å². The zero-order chi connectivity index (χ0) is 25.9. The molecule has 0 saturated heterocycles. The number of aryl methyl sites for hydroxylation is 1. The van der Waals surface area contributed by atoms with E-state index in [4.69, 9.17) is 0 Å². The second-order valence-electron chi connectivity index (χ2n) is 8.99. The maximum absolute atomic E-state index is 14.4. The Labute approximate surface area is 206 Å². The van der Waals surface area contributed by atoms with Crippen molar-refractivity contribution in [2.75, 3.05) is 14.1 Å². The van der Waals surface area contributed by atoms with E-state index in [0.29, 0.717) is 28.8 Å². The van der Waals surface area contributed by atoms with E-state index in [1.54, 1.807) is 29.2 Å². The monoisotopic (exact) mass is 501 g/mol. The fourth-order valence-corrected chi connectivity index (χ4v) is 4.90. The summed E-state index contributed by atoms with van der Waals surface area (Å²) >= 11 is 0. The number of sulfonamides is 1. The Morgan fingerprint density at radius 3 is 2.49 bits per heavy atom. The number of pyridine rings is 1. The molecule has 0 aliphatic heterocycles. The van der Waals surface area contributed by atoms with Crippen molar-refractivity contribution in [3.8, 4) is 11.1 Å². The Morgan fingerprint density at radius 2 is 1.91 bits per heavy atom. The maximum Gasteiger partial charge on any atom is 0.283 e. The Morgan fingerprint density at radius 1 is 1.20 bits per heavy atom. The van der Waals surface area contributed by atoms with Crippen LogP contribution >= 0.6 is 0 Å². The first-order valence-corrected chi connectivity index (χ1v) is 12.9. The van der Waals surface area contributed by atoms with Gasteiger partial charge >= 0.3 is 0 Å². The summed E-state index contributed by atoms with van der Waals surface area (Å²) in [5.41, 5.74) is 3.07. The van der Waals surface area contributed by atoms with Gasteiger partial charge in [0.1, 0.15) is 5.82 Å². The van der Waals surface area contributed by atoms with Crippen LogP contribution in [0.4, 0.5) is 4.39 Å². The summed E-state index contributed by atoms with van der Waals surface area (Å²) < 4.78 is 44.3. The van der Waals surface area contributed by atoms with Crippen LogP contribution in [0.15, 0.2) is 47.8 Å². The van der Waals surface area contributed by atoms with E-state index in [-0.39, 0.29) is 23.4 Å². The lowest BCUT2D eigenvalue weighted by atomic mass is 9.88. The SMILES string of the molecule is CCn1nc(S(=O)(=O)NC(=O)Cc2c(-c3cccnc3)cc(F)cc2C(C)C)cc1C(C)N(C)C. The number of hydrogen-bond acceptors (Lipinski definition) is 6. The van der Waals surface area contributed by atoms with Gasteiger partial charge in [-0.3, -0.25) is 14.5 Å². The van der Waals surface area contributed by atoms with E-state index in [1.807, 2.05) is 46.7 Å². The van der Waals surface area contributed by atoms with Gasteiger partial charge in [-0.25, -0.2) is 9.11 Å². The van der Waals surface area contributed by atoms with Crippen LogP contribution in [0.1, 0.15) is 56.5 Å². The minimum Gasteiger partial charge on any atom is -0.301 e. The van der Waals surface area contributed by atoms with Gasteiger partial charge in [0.2, 0.25) is 5.91 Å². The van der Waals surface area contributed by atoms with Crippen molar-refractivity contribution in [2.45, 2.75) is 57.6 Å². The molecule has 0 fully saturated rings. The van der Waals surface area contributed by atoms with Crippen molar-refractivity contribution in [1.82, 2.24) is 24.4 Å². The van der Waals surface area contributed by atoms with Crippen LogP contribution in [0.25, 0.3) is 11.1 Å². The topological polar surface area (TPSA) is 97.2 Å². The number of halogens is 1. The first-order chi connectivity index (χ1) is 16.4. The van der Waals surface area contributed by atoms with Crippen molar-refractivity contribution >= 4 is 15.9 Å². The second-order valence-corrected chi connectivity index (χ2v) is 10.6. The molecule has 8 nitrogen and oxygen atoms in total. The average molecular weight is 502 g/mol. The van der Waals surface area contributed by atoms with Gasteiger partial charge in [-0.05, 0) is 68.8 Å². The molecule has 0 bridgehead atoms. The van der Waals surface area contributed by atoms with Crippen molar-refractivity contribution in [3.05, 3.63) is 65.4 Å². The van der Waals surface area contributed by atoms with E-state index in [0.717, 1.165) is 5.69 Å². The summed E-state index contributed by atoms with van der Waals surface area (Å²) in [6.45, 7) is 8.09. The van der Waals surface area contributed by atoms with Crippen LogP contribution in [0.3, 0.4) is 0 Å². The number of carbonyl (C=O) groups is 1. The molecule has 1 atom stereocenters. The van der Waals surface area contributed by atoms with Crippen molar-refractivity contribution in [3.63, 3.8) is 0 Å². The summed E-state index contributed by atoms with van der Waals surface area (Å²) in [5, 5.41) is 4.00. The minimum atomic E-state index is -4.21. The second kappa shape index (κ2) is 10.7. The Bertz CT molecular complexity index is 1300. The molecule has 1 aromatic carbocycles. The van der Waals surface area contributed by atoms with Gasteiger partial charge in [0, 0.05) is 36.6 Å². The maximum atomic E-state index is 14.4. The molecule has 3 rings (SSSR count). The number of carbonyl (C=O) groups excluding carboxylic acids is 1. The minimum absolute atomic E-state index is 0.0723. The molecule has 188 valence electrons. The lowest BCUT2D eigenvalue weighted by Crippen LogP contribution is -2.32. The van der Waals surface area contributed by atoms with Gasteiger partial charge in [-0.1, -0.05) is 19.9 Å². The summed E-state index contributed by atoms with van der Waals surface area (Å²) in [6.07, 6.45) is 2.94. The molecule has 3 aromatic rings. The number of nitrogens with one attached hydrogen (secondary N) is 1. The highest BCUT2D eigenvalue weighted by Crippen LogP contribution is 2.32. The van der Waals surface area contributed by atoms with Gasteiger partial charge in [-0.15, -0.1) is 0 Å². The van der Waals surface area contributed by atoms with Crippen molar-refractivity contribution < 1.29 is 17.6 Å². The molecule has 2 aromatic heterocycles. The van der Waals surface area contributed by atoms with E-state index in [2.05, 4.69) is 14.8 Å². The van der Waals surface area contributed by atoms with Crippen LogP contribution in [0.5, 0.6) is 0 Å².